The molecule has 1 amide bonds. The van der Waals surface area contributed by atoms with Gasteiger partial charge in [0.2, 0.25) is 5.91 Å². The second-order valence-corrected chi connectivity index (χ2v) is 5.44. The Balaban J connectivity index is 2.36. The van der Waals surface area contributed by atoms with Crippen molar-refractivity contribution in [2.45, 2.75) is 20.0 Å². The second kappa shape index (κ2) is 7.68. The Kier molecular flexibility index (Phi) is 5.62. The summed E-state index contributed by atoms with van der Waals surface area (Å²) in [6.45, 7) is 1.41. The number of halogens is 1. The van der Waals surface area contributed by atoms with Gasteiger partial charge in [-0.25, -0.2) is 9.36 Å². The van der Waals surface area contributed by atoms with Crippen LogP contribution < -0.4 is 21.3 Å². The maximum absolute atomic E-state index is 12.3. The van der Waals surface area contributed by atoms with Crippen molar-refractivity contribution < 1.29 is 9.53 Å². The summed E-state index contributed by atoms with van der Waals surface area (Å²) in [5.41, 5.74) is -1.39. The van der Waals surface area contributed by atoms with Gasteiger partial charge in [0.05, 0.1) is 12.8 Å². The van der Waals surface area contributed by atoms with Crippen LogP contribution in [0.15, 0.2) is 34.0 Å². The number of methoxy groups -OCH3 is 1. The molecule has 1 heterocycles. The highest BCUT2D eigenvalue weighted by Gasteiger charge is 2.15. The molecule has 2 rings (SSSR count). The third-order valence-corrected chi connectivity index (χ3v) is 3.67. The molecule has 1 N–H and O–H groups in total. The molecule has 0 atom stereocenters. The van der Waals surface area contributed by atoms with Gasteiger partial charge >= 0.3 is 5.69 Å². The molecule has 0 unspecified atom stereocenters. The van der Waals surface area contributed by atoms with Gasteiger partial charge in [0, 0.05) is 17.8 Å². The predicted molar refractivity (Wildman–Crippen MR) is 92.0 cm³/mol. The predicted octanol–water partition coefficient (Wildman–Crippen LogP) is 1.20. The summed E-state index contributed by atoms with van der Waals surface area (Å²) in [5, 5.41) is 11.9. The fourth-order valence-corrected chi connectivity index (χ4v) is 2.38. The van der Waals surface area contributed by atoms with Gasteiger partial charge in [-0.1, -0.05) is 11.6 Å². The number of nitriles is 1. The van der Waals surface area contributed by atoms with Gasteiger partial charge in [-0.2, -0.15) is 5.26 Å². The van der Waals surface area contributed by atoms with Crippen molar-refractivity contribution in [2.24, 2.45) is 0 Å². The number of nitrogens with zero attached hydrogens (tertiary/aromatic N) is 3. The standard InChI is InChI=1S/C16H15ClN4O4/c1-3-20-8-10(7-18)15(23)21(16(20)24)9-14(22)19-12-6-11(17)4-5-13(12)25-2/h4-6,8H,3,9H2,1-2H3,(H,19,22). The zero-order valence-corrected chi connectivity index (χ0v) is 14.3. The monoisotopic (exact) mass is 362 g/mol. The highest BCUT2D eigenvalue weighted by atomic mass is 35.5. The van der Waals surface area contributed by atoms with Crippen LogP contribution in [0.3, 0.4) is 0 Å². The number of benzene rings is 1. The number of carbonyl (C=O) groups excluding carboxylic acids is 1. The van der Waals surface area contributed by atoms with Crippen LogP contribution in [0.4, 0.5) is 5.69 Å². The van der Waals surface area contributed by atoms with E-state index < -0.39 is 23.7 Å². The molecule has 0 aliphatic heterocycles. The van der Waals surface area contributed by atoms with E-state index in [0.29, 0.717) is 21.0 Å². The molecule has 0 saturated carbocycles. The Morgan fingerprint density at radius 1 is 1.40 bits per heavy atom. The number of hydrogen-bond acceptors (Lipinski definition) is 5. The summed E-state index contributed by atoms with van der Waals surface area (Å²) < 4.78 is 7.03. The number of ether oxygens (including phenoxy) is 1. The molecule has 2 aromatic rings. The Morgan fingerprint density at radius 2 is 2.12 bits per heavy atom. The summed E-state index contributed by atoms with van der Waals surface area (Å²) in [7, 11) is 1.43. The minimum atomic E-state index is -0.814. The third-order valence-electron chi connectivity index (χ3n) is 3.44. The van der Waals surface area contributed by atoms with Crippen LogP contribution in [0.5, 0.6) is 5.75 Å². The van der Waals surface area contributed by atoms with E-state index in [4.69, 9.17) is 21.6 Å². The smallest absolute Gasteiger partial charge is 0.331 e. The summed E-state index contributed by atoms with van der Waals surface area (Å²) >= 11 is 5.90. The van der Waals surface area contributed by atoms with E-state index in [9.17, 15) is 14.4 Å². The molecule has 0 bridgehead atoms. The SMILES string of the molecule is CCn1cc(C#N)c(=O)n(CC(=O)Nc2cc(Cl)ccc2OC)c1=O. The van der Waals surface area contributed by atoms with Crippen molar-refractivity contribution in [3.05, 3.63) is 55.8 Å². The molecule has 1 aromatic carbocycles. The molecule has 0 radical (unpaired) electrons. The van der Waals surface area contributed by atoms with Crippen molar-refractivity contribution in [2.75, 3.05) is 12.4 Å². The van der Waals surface area contributed by atoms with Crippen molar-refractivity contribution in [1.82, 2.24) is 9.13 Å². The normalized spacial score (nSPS) is 10.2. The summed E-state index contributed by atoms with van der Waals surface area (Å²) in [6, 6.07) is 6.38. The maximum atomic E-state index is 12.3. The van der Waals surface area contributed by atoms with E-state index in [0.717, 1.165) is 0 Å². The Bertz CT molecular complexity index is 972. The molecule has 0 saturated heterocycles. The van der Waals surface area contributed by atoms with E-state index in [2.05, 4.69) is 5.32 Å². The first-order valence-electron chi connectivity index (χ1n) is 7.29. The number of nitrogens with one attached hydrogen (secondary N) is 1. The number of hydrogen-bond donors (Lipinski definition) is 1. The number of rotatable bonds is 5. The average Bonchev–Trinajstić information content (AvgIpc) is 2.59. The number of carbonyl (C=O) groups is 1. The lowest BCUT2D eigenvalue weighted by atomic mass is 10.3. The highest BCUT2D eigenvalue weighted by Crippen LogP contribution is 2.27. The van der Waals surface area contributed by atoms with Crippen LogP contribution in [-0.2, 0) is 17.9 Å². The lowest BCUT2D eigenvalue weighted by molar-refractivity contribution is -0.116. The molecule has 0 aliphatic rings. The topological polar surface area (TPSA) is 106 Å². The average molecular weight is 363 g/mol. The van der Waals surface area contributed by atoms with E-state index in [-0.39, 0.29) is 12.1 Å². The van der Waals surface area contributed by atoms with Gasteiger partial charge in [0.25, 0.3) is 5.56 Å². The van der Waals surface area contributed by atoms with Gasteiger partial charge in [-0.05, 0) is 25.1 Å². The Labute approximate surface area is 147 Å². The number of amides is 1. The van der Waals surface area contributed by atoms with Gasteiger partial charge in [0.1, 0.15) is 23.9 Å². The molecular weight excluding hydrogens is 348 g/mol. The third kappa shape index (κ3) is 3.89. The maximum Gasteiger partial charge on any atom is 0.331 e. The van der Waals surface area contributed by atoms with Crippen molar-refractivity contribution in [3.8, 4) is 11.8 Å². The van der Waals surface area contributed by atoms with E-state index in [1.165, 1.54) is 23.9 Å². The molecule has 0 fully saturated rings. The molecule has 130 valence electrons. The van der Waals surface area contributed by atoms with Gasteiger partial charge in [0.15, 0.2) is 0 Å². The number of aromatic nitrogens is 2. The van der Waals surface area contributed by atoms with Crippen LogP contribution in [0.25, 0.3) is 0 Å². The van der Waals surface area contributed by atoms with Gasteiger partial charge in [-0.15, -0.1) is 0 Å². The van der Waals surface area contributed by atoms with Gasteiger partial charge < -0.3 is 10.1 Å². The first-order chi connectivity index (χ1) is 11.9. The molecule has 9 heteroatoms. The molecule has 25 heavy (non-hydrogen) atoms. The first kappa shape index (κ1) is 18.3. The van der Waals surface area contributed by atoms with Crippen molar-refractivity contribution >= 4 is 23.2 Å². The first-order valence-corrected chi connectivity index (χ1v) is 7.66. The molecule has 0 aliphatic carbocycles. The molecule has 1 aromatic heterocycles. The van der Waals surface area contributed by atoms with Crippen LogP contribution in [0.1, 0.15) is 12.5 Å². The lowest BCUT2D eigenvalue weighted by Crippen LogP contribution is -2.43. The van der Waals surface area contributed by atoms with Crippen LogP contribution in [0, 0.1) is 11.3 Å². The fraction of sp³-hybridized carbons (Fsp3) is 0.250. The number of anilines is 1. The molecule has 0 spiro atoms. The number of aryl methyl sites for hydroxylation is 1. The zero-order chi connectivity index (χ0) is 18.6. The Morgan fingerprint density at radius 3 is 2.72 bits per heavy atom. The quantitative estimate of drug-likeness (QED) is 0.860. The van der Waals surface area contributed by atoms with Crippen LogP contribution >= 0.6 is 11.6 Å². The van der Waals surface area contributed by atoms with E-state index >= 15 is 0 Å². The summed E-state index contributed by atoms with van der Waals surface area (Å²) in [6.07, 6.45) is 1.18. The Hall–Kier alpha value is -3.05. The zero-order valence-electron chi connectivity index (χ0n) is 13.6. The summed E-state index contributed by atoms with van der Waals surface area (Å²) in [4.78, 5) is 36.7. The van der Waals surface area contributed by atoms with Gasteiger partial charge in [-0.3, -0.25) is 14.2 Å². The fourth-order valence-electron chi connectivity index (χ4n) is 2.21. The van der Waals surface area contributed by atoms with Crippen LogP contribution in [-0.4, -0.2) is 22.2 Å². The van der Waals surface area contributed by atoms with Crippen molar-refractivity contribution in [3.63, 3.8) is 0 Å². The van der Waals surface area contributed by atoms with E-state index in [1.807, 2.05) is 0 Å². The van der Waals surface area contributed by atoms with Crippen LogP contribution in [0.2, 0.25) is 5.02 Å². The lowest BCUT2D eigenvalue weighted by Gasteiger charge is -2.12. The second-order valence-electron chi connectivity index (χ2n) is 5.01. The minimum Gasteiger partial charge on any atom is -0.495 e. The summed E-state index contributed by atoms with van der Waals surface area (Å²) in [5.74, 6) is -0.251. The minimum absolute atomic E-state index is 0.213. The van der Waals surface area contributed by atoms with E-state index in [1.54, 1.807) is 25.1 Å². The highest BCUT2D eigenvalue weighted by molar-refractivity contribution is 6.31. The van der Waals surface area contributed by atoms with Crippen molar-refractivity contribution in [1.29, 1.82) is 5.26 Å². The molecule has 8 nitrogen and oxygen atoms in total. The largest absolute Gasteiger partial charge is 0.495 e. The molecular formula is C16H15ClN4O4.